The molecule has 1 fully saturated rings. The Balaban J connectivity index is 1.81. The number of halogens is 1. The van der Waals surface area contributed by atoms with Crippen LogP contribution in [0.25, 0.3) is 11.8 Å². The van der Waals surface area contributed by atoms with Gasteiger partial charge >= 0.3 is 0 Å². The van der Waals surface area contributed by atoms with Gasteiger partial charge in [0.05, 0.1) is 25.6 Å². The zero-order valence-corrected chi connectivity index (χ0v) is 20.6. The Hall–Kier alpha value is -3.62. The van der Waals surface area contributed by atoms with Crippen molar-refractivity contribution in [2.24, 2.45) is 0 Å². The van der Waals surface area contributed by atoms with Crippen LogP contribution >= 0.6 is 23.8 Å². The Morgan fingerprint density at radius 1 is 0.971 bits per heavy atom. The number of amides is 2. The highest BCUT2D eigenvalue weighted by Crippen LogP contribution is 2.33. The summed E-state index contributed by atoms with van der Waals surface area (Å²) in [5.41, 5.74) is 3.54. The minimum Gasteiger partial charge on any atom is -0.495 e. The number of aryl methyl sites for hydroxylation is 1. The van der Waals surface area contributed by atoms with Crippen LogP contribution < -0.4 is 19.7 Å². The van der Waals surface area contributed by atoms with Crippen molar-refractivity contribution in [3.8, 4) is 17.2 Å². The van der Waals surface area contributed by atoms with Gasteiger partial charge in [0.25, 0.3) is 11.8 Å². The summed E-state index contributed by atoms with van der Waals surface area (Å²) in [5.74, 6) is -0.000750. The summed E-state index contributed by atoms with van der Waals surface area (Å²) in [5, 5.41) is 3.16. The summed E-state index contributed by atoms with van der Waals surface area (Å²) >= 11 is 11.5. The van der Waals surface area contributed by atoms with Gasteiger partial charge in [-0.25, -0.2) is 4.90 Å². The summed E-state index contributed by atoms with van der Waals surface area (Å²) < 4.78 is 12.9. The first kappa shape index (κ1) is 23.5. The molecule has 1 aliphatic heterocycles. The zero-order valence-electron chi connectivity index (χ0n) is 19.0. The third kappa shape index (κ3) is 4.06. The fraction of sp³-hybridized carbons (Fsp3) is 0.160. The summed E-state index contributed by atoms with van der Waals surface area (Å²) in [4.78, 5) is 27.5. The number of carbonyl (C=O) groups is 2. The number of benzene rings is 2. The number of ether oxygens (including phenoxy) is 2. The van der Waals surface area contributed by atoms with E-state index in [9.17, 15) is 9.59 Å². The predicted molar refractivity (Wildman–Crippen MR) is 136 cm³/mol. The van der Waals surface area contributed by atoms with Crippen molar-refractivity contribution in [3.05, 3.63) is 76.1 Å². The first-order valence-electron chi connectivity index (χ1n) is 10.3. The Morgan fingerprint density at radius 2 is 1.65 bits per heavy atom. The van der Waals surface area contributed by atoms with Gasteiger partial charge in [0, 0.05) is 16.4 Å². The number of carbonyl (C=O) groups excluding carboxylic acids is 2. The van der Waals surface area contributed by atoms with Crippen LogP contribution in [0.2, 0.25) is 5.02 Å². The minimum absolute atomic E-state index is 0.00853. The molecule has 0 aliphatic carbocycles. The number of para-hydroxylation sites is 2. The van der Waals surface area contributed by atoms with Crippen molar-refractivity contribution in [2.75, 3.05) is 19.1 Å². The number of hydrogen-bond acceptors (Lipinski definition) is 5. The van der Waals surface area contributed by atoms with Gasteiger partial charge in [-0.1, -0.05) is 23.7 Å². The molecule has 9 heteroatoms. The van der Waals surface area contributed by atoms with Crippen LogP contribution in [-0.4, -0.2) is 35.7 Å². The standard InChI is InChI=1S/C25H22ClN3O4S/c1-14-11-16(15(2)28(14)20-13-17(26)9-10-22(20)33-4)12-18-23(30)27-25(34)29(24(18)31)19-7-5-6-8-21(19)32-3/h5-13H,1-4H3,(H,27,30,34)/b18-12+. The predicted octanol–water partition coefficient (Wildman–Crippen LogP) is 4.60. The quantitative estimate of drug-likeness (QED) is 0.318. The number of nitrogens with zero attached hydrogens (tertiary/aromatic N) is 2. The molecular formula is C25H22ClN3O4S. The fourth-order valence-corrected chi connectivity index (χ4v) is 4.43. The van der Waals surface area contributed by atoms with Gasteiger partial charge in [-0.2, -0.15) is 0 Å². The number of hydrogen-bond donors (Lipinski definition) is 1. The van der Waals surface area contributed by atoms with E-state index in [1.807, 2.05) is 24.5 Å². The van der Waals surface area contributed by atoms with Gasteiger partial charge in [-0.15, -0.1) is 0 Å². The highest BCUT2D eigenvalue weighted by molar-refractivity contribution is 7.80. The molecule has 1 saturated heterocycles. The monoisotopic (exact) mass is 495 g/mol. The molecule has 1 aliphatic rings. The third-order valence-electron chi connectivity index (χ3n) is 5.58. The van der Waals surface area contributed by atoms with Crippen LogP contribution in [-0.2, 0) is 9.59 Å². The fourth-order valence-electron chi connectivity index (χ4n) is 3.99. The summed E-state index contributed by atoms with van der Waals surface area (Å²) in [6.45, 7) is 3.82. The minimum atomic E-state index is -0.564. The van der Waals surface area contributed by atoms with Crippen molar-refractivity contribution < 1.29 is 19.1 Å². The Bertz CT molecular complexity index is 1360. The maximum Gasteiger partial charge on any atom is 0.270 e. The van der Waals surface area contributed by atoms with Crippen LogP contribution in [0.4, 0.5) is 5.69 Å². The van der Waals surface area contributed by atoms with Gasteiger partial charge in [-0.3, -0.25) is 14.9 Å². The van der Waals surface area contributed by atoms with Crippen LogP contribution in [0.15, 0.2) is 54.1 Å². The molecule has 0 saturated carbocycles. The van der Waals surface area contributed by atoms with Crippen molar-refractivity contribution in [1.82, 2.24) is 9.88 Å². The normalized spacial score (nSPS) is 15.0. The van der Waals surface area contributed by atoms with E-state index in [1.54, 1.807) is 55.7 Å². The molecule has 2 aromatic carbocycles. The Kier molecular flexibility index (Phi) is 6.45. The third-order valence-corrected chi connectivity index (χ3v) is 6.10. The van der Waals surface area contributed by atoms with Gasteiger partial charge in [0.1, 0.15) is 17.1 Å². The molecule has 34 heavy (non-hydrogen) atoms. The Morgan fingerprint density at radius 3 is 2.35 bits per heavy atom. The second-order valence-corrected chi connectivity index (χ2v) is 8.43. The summed E-state index contributed by atoms with van der Waals surface area (Å²) in [6.07, 6.45) is 1.57. The van der Waals surface area contributed by atoms with Crippen LogP contribution in [0.5, 0.6) is 11.5 Å². The van der Waals surface area contributed by atoms with E-state index in [1.165, 1.54) is 12.0 Å². The van der Waals surface area contributed by atoms with E-state index in [4.69, 9.17) is 33.3 Å². The number of thiocarbonyl (C=S) groups is 1. The maximum atomic E-state index is 13.4. The molecule has 2 heterocycles. The number of methoxy groups -OCH3 is 2. The van der Waals surface area contributed by atoms with Gasteiger partial charge in [0.15, 0.2) is 5.11 Å². The first-order valence-corrected chi connectivity index (χ1v) is 11.1. The van der Waals surface area contributed by atoms with E-state index in [-0.39, 0.29) is 10.7 Å². The molecule has 0 bridgehead atoms. The lowest BCUT2D eigenvalue weighted by Crippen LogP contribution is -2.54. The molecule has 1 N–H and O–H groups in total. The number of anilines is 1. The van der Waals surface area contributed by atoms with E-state index < -0.39 is 11.8 Å². The number of aromatic nitrogens is 1. The van der Waals surface area contributed by atoms with Crippen molar-refractivity contribution >= 4 is 52.5 Å². The molecular weight excluding hydrogens is 474 g/mol. The molecule has 0 radical (unpaired) electrons. The van der Waals surface area contributed by atoms with Gasteiger partial charge in [-0.05, 0) is 74.1 Å². The van der Waals surface area contributed by atoms with Crippen LogP contribution in [0.3, 0.4) is 0 Å². The molecule has 0 spiro atoms. The lowest BCUT2D eigenvalue weighted by molar-refractivity contribution is -0.122. The van der Waals surface area contributed by atoms with Crippen molar-refractivity contribution in [3.63, 3.8) is 0 Å². The van der Waals surface area contributed by atoms with Gasteiger partial charge < -0.3 is 14.0 Å². The van der Waals surface area contributed by atoms with E-state index >= 15 is 0 Å². The summed E-state index contributed by atoms with van der Waals surface area (Å²) in [7, 11) is 3.09. The highest BCUT2D eigenvalue weighted by atomic mass is 35.5. The van der Waals surface area contributed by atoms with Crippen LogP contribution in [0.1, 0.15) is 17.0 Å². The molecule has 7 nitrogen and oxygen atoms in total. The largest absolute Gasteiger partial charge is 0.495 e. The SMILES string of the molecule is COc1ccccc1N1C(=O)/C(=C/c2cc(C)n(-c3cc(Cl)ccc3OC)c2C)C(=O)NC1=S. The molecule has 0 atom stereocenters. The smallest absolute Gasteiger partial charge is 0.270 e. The van der Waals surface area contributed by atoms with E-state index in [0.717, 1.165) is 17.1 Å². The second kappa shape index (κ2) is 9.32. The van der Waals surface area contributed by atoms with E-state index in [0.29, 0.717) is 27.8 Å². The average molecular weight is 496 g/mol. The molecule has 174 valence electrons. The first-order chi connectivity index (χ1) is 16.3. The topological polar surface area (TPSA) is 72.8 Å². The van der Waals surface area contributed by atoms with E-state index in [2.05, 4.69) is 5.32 Å². The molecule has 0 unspecified atom stereocenters. The summed E-state index contributed by atoms with van der Waals surface area (Å²) in [6, 6.07) is 14.2. The highest BCUT2D eigenvalue weighted by Gasteiger charge is 2.36. The Labute approximate surface area is 207 Å². The molecule has 1 aromatic heterocycles. The molecule has 3 aromatic rings. The second-order valence-electron chi connectivity index (χ2n) is 7.61. The lowest BCUT2D eigenvalue weighted by Gasteiger charge is -2.29. The van der Waals surface area contributed by atoms with Crippen molar-refractivity contribution in [1.29, 1.82) is 0 Å². The maximum absolute atomic E-state index is 13.4. The number of rotatable bonds is 5. The lowest BCUT2D eigenvalue weighted by atomic mass is 10.1. The zero-order chi connectivity index (χ0) is 24.6. The molecule has 4 rings (SSSR count). The van der Waals surface area contributed by atoms with Crippen molar-refractivity contribution in [2.45, 2.75) is 13.8 Å². The number of nitrogens with one attached hydrogen (secondary N) is 1. The average Bonchev–Trinajstić information content (AvgIpc) is 3.09. The van der Waals surface area contributed by atoms with Crippen LogP contribution in [0, 0.1) is 13.8 Å². The van der Waals surface area contributed by atoms with Gasteiger partial charge in [0.2, 0.25) is 0 Å². The molecule has 2 amide bonds.